The van der Waals surface area contributed by atoms with Gasteiger partial charge in [0.15, 0.2) is 0 Å². The maximum atomic E-state index is 13.1. The Morgan fingerprint density at radius 1 is 1.27 bits per heavy atom. The first kappa shape index (κ1) is 21.8. The summed E-state index contributed by atoms with van der Waals surface area (Å²) in [7, 11) is -3.91. The first-order chi connectivity index (χ1) is 14.2. The summed E-state index contributed by atoms with van der Waals surface area (Å²) in [6, 6.07) is 10.3. The number of benzene rings is 2. The van der Waals surface area contributed by atoms with Crippen LogP contribution in [0.5, 0.6) is 0 Å². The summed E-state index contributed by atoms with van der Waals surface area (Å²) < 4.78 is 31.2. The number of hydrogen-bond acceptors (Lipinski definition) is 7. The fourth-order valence-electron chi connectivity index (χ4n) is 3.67. The van der Waals surface area contributed by atoms with E-state index in [0.29, 0.717) is 19.4 Å². The SMILES string of the molecule is CC(CCN1c2cc(S(=O)(=O)c3cccc([N+](=O)[O-])c3)ccc2CCC1C)OC=O. The Bertz CT molecular complexity index is 1050. The molecule has 2 aromatic rings. The highest BCUT2D eigenvalue weighted by Crippen LogP contribution is 2.35. The molecule has 0 N–H and O–H groups in total. The topological polar surface area (TPSA) is 107 Å². The number of nitrogens with zero attached hydrogens (tertiary/aromatic N) is 2. The maximum absolute atomic E-state index is 13.1. The zero-order valence-electron chi connectivity index (χ0n) is 16.9. The van der Waals surface area contributed by atoms with Crippen LogP contribution in [0.2, 0.25) is 0 Å². The van der Waals surface area contributed by atoms with Crippen LogP contribution in [0.1, 0.15) is 32.3 Å². The number of carbonyl (C=O) groups is 1. The maximum Gasteiger partial charge on any atom is 0.293 e. The summed E-state index contributed by atoms with van der Waals surface area (Å²) in [5.41, 5.74) is 1.61. The molecule has 0 bridgehead atoms. The molecule has 0 amide bonds. The van der Waals surface area contributed by atoms with Crippen LogP contribution in [-0.2, 0) is 25.8 Å². The number of fused-ring (bicyclic) bond motifs is 1. The third-order valence-electron chi connectivity index (χ3n) is 5.44. The average molecular weight is 432 g/mol. The lowest BCUT2D eigenvalue weighted by Gasteiger charge is -2.38. The van der Waals surface area contributed by atoms with E-state index in [9.17, 15) is 23.3 Å². The van der Waals surface area contributed by atoms with Crippen LogP contribution >= 0.6 is 0 Å². The second-order valence-corrected chi connectivity index (χ2v) is 9.41. The number of nitro benzene ring substituents is 1. The predicted octanol–water partition coefficient (Wildman–Crippen LogP) is 3.52. The van der Waals surface area contributed by atoms with E-state index in [1.54, 1.807) is 12.1 Å². The van der Waals surface area contributed by atoms with Gasteiger partial charge in [0.2, 0.25) is 9.84 Å². The molecular weight excluding hydrogens is 408 g/mol. The molecule has 0 aromatic heterocycles. The normalized spacial score (nSPS) is 17.1. The Morgan fingerprint density at radius 2 is 2.00 bits per heavy atom. The smallest absolute Gasteiger partial charge is 0.293 e. The number of hydrogen-bond donors (Lipinski definition) is 0. The molecule has 0 fully saturated rings. The van der Waals surface area contributed by atoms with Gasteiger partial charge in [-0.3, -0.25) is 14.9 Å². The molecule has 1 heterocycles. The zero-order valence-corrected chi connectivity index (χ0v) is 17.7. The van der Waals surface area contributed by atoms with Crippen molar-refractivity contribution in [2.75, 3.05) is 11.4 Å². The fourth-order valence-corrected chi connectivity index (χ4v) is 4.99. The van der Waals surface area contributed by atoms with Crippen molar-refractivity contribution >= 4 is 27.7 Å². The van der Waals surface area contributed by atoms with Crippen molar-refractivity contribution in [3.05, 3.63) is 58.1 Å². The highest BCUT2D eigenvalue weighted by atomic mass is 32.2. The van der Waals surface area contributed by atoms with Crippen molar-refractivity contribution in [2.24, 2.45) is 0 Å². The molecular formula is C21H24N2O6S. The van der Waals surface area contributed by atoms with Gasteiger partial charge in [-0.2, -0.15) is 0 Å². The third-order valence-corrected chi connectivity index (χ3v) is 7.19. The Kier molecular flexibility index (Phi) is 6.40. The van der Waals surface area contributed by atoms with Crippen molar-refractivity contribution in [1.82, 2.24) is 0 Å². The molecule has 8 nitrogen and oxygen atoms in total. The van der Waals surface area contributed by atoms with Crippen molar-refractivity contribution < 1.29 is 22.9 Å². The predicted molar refractivity (Wildman–Crippen MR) is 111 cm³/mol. The largest absolute Gasteiger partial charge is 0.465 e. The van der Waals surface area contributed by atoms with Gasteiger partial charge in [-0.05, 0) is 50.5 Å². The molecule has 0 saturated carbocycles. The van der Waals surface area contributed by atoms with E-state index in [1.807, 2.05) is 13.0 Å². The van der Waals surface area contributed by atoms with Crippen LogP contribution in [0.15, 0.2) is 52.3 Å². The van der Waals surface area contributed by atoms with Gasteiger partial charge < -0.3 is 9.64 Å². The second-order valence-electron chi connectivity index (χ2n) is 7.46. The molecule has 1 aliphatic rings. The molecule has 9 heteroatoms. The third kappa shape index (κ3) is 4.46. The lowest BCUT2D eigenvalue weighted by molar-refractivity contribution is -0.385. The number of non-ortho nitro benzene ring substituents is 1. The minimum Gasteiger partial charge on any atom is -0.465 e. The van der Waals surface area contributed by atoms with E-state index in [2.05, 4.69) is 11.8 Å². The lowest BCUT2D eigenvalue weighted by Crippen LogP contribution is -2.39. The molecule has 1 aliphatic heterocycles. The van der Waals surface area contributed by atoms with Crippen molar-refractivity contribution in [1.29, 1.82) is 0 Å². The first-order valence-corrected chi connectivity index (χ1v) is 11.2. The van der Waals surface area contributed by atoms with E-state index in [1.165, 1.54) is 18.2 Å². The first-order valence-electron chi connectivity index (χ1n) is 9.72. The number of rotatable bonds is 8. The summed E-state index contributed by atoms with van der Waals surface area (Å²) in [6.07, 6.45) is 2.15. The van der Waals surface area contributed by atoms with Crippen LogP contribution in [0.4, 0.5) is 11.4 Å². The van der Waals surface area contributed by atoms with Gasteiger partial charge in [-0.25, -0.2) is 8.42 Å². The number of anilines is 1. The minimum absolute atomic E-state index is 0.0954. The van der Waals surface area contributed by atoms with Crippen molar-refractivity contribution in [2.45, 2.75) is 55.0 Å². The highest BCUT2D eigenvalue weighted by Gasteiger charge is 2.27. The Balaban J connectivity index is 1.96. The quantitative estimate of drug-likeness (QED) is 0.357. The van der Waals surface area contributed by atoms with E-state index >= 15 is 0 Å². The van der Waals surface area contributed by atoms with Gasteiger partial charge in [-0.15, -0.1) is 0 Å². The van der Waals surface area contributed by atoms with E-state index < -0.39 is 14.8 Å². The van der Waals surface area contributed by atoms with E-state index in [0.717, 1.165) is 30.2 Å². The minimum atomic E-state index is -3.91. The summed E-state index contributed by atoms with van der Waals surface area (Å²) >= 11 is 0. The average Bonchev–Trinajstić information content (AvgIpc) is 2.73. The summed E-state index contributed by atoms with van der Waals surface area (Å²) in [6.45, 7) is 4.94. The van der Waals surface area contributed by atoms with Gasteiger partial charge in [0, 0.05) is 36.8 Å². The molecule has 2 unspecified atom stereocenters. The highest BCUT2D eigenvalue weighted by molar-refractivity contribution is 7.91. The number of ether oxygens (including phenoxy) is 1. The van der Waals surface area contributed by atoms with Gasteiger partial charge in [0.25, 0.3) is 12.2 Å². The van der Waals surface area contributed by atoms with Gasteiger partial charge in [-0.1, -0.05) is 12.1 Å². The van der Waals surface area contributed by atoms with Gasteiger partial charge >= 0.3 is 0 Å². The molecule has 0 spiro atoms. The molecule has 30 heavy (non-hydrogen) atoms. The number of carbonyl (C=O) groups excluding carboxylic acids is 1. The summed E-state index contributed by atoms with van der Waals surface area (Å²) in [4.78, 5) is 23.1. The van der Waals surface area contributed by atoms with Crippen LogP contribution in [0, 0.1) is 10.1 Å². The second kappa shape index (κ2) is 8.83. The zero-order chi connectivity index (χ0) is 21.9. The van der Waals surface area contributed by atoms with Crippen LogP contribution in [-0.4, -0.2) is 38.5 Å². The Morgan fingerprint density at radius 3 is 2.70 bits per heavy atom. The molecule has 2 atom stereocenters. The monoisotopic (exact) mass is 432 g/mol. The van der Waals surface area contributed by atoms with Crippen molar-refractivity contribution in [3.63, 3.8) is 0 Å². The van der Waals surface area contributed by atoms with Gasteiger partial charge in [0.05, 0.1) is 14.7 Å². The summed E-state index contributed by atoms with van der Waals surface area (Å²) in [5.74, 6) is 0. The van der Waals surface area contributed by atoms with E-state index in [-0.39, 0.29) is 27.6 Å². The molecule has 0 radical (unpaired) electrons. The van der Waals surface area contributed by atoms with Crippen LogP contribution < -0.4 is 4.90 Å². The summed E-state index contributed by atoms with van der Waals surface area (Å²) in [5, 5.41) is 11.0. The molecule has 2 aromatic carbocycles. The molecule has 160 valence electrons. The van der Waals surface area contributed by atoms with Crippen molar-refractivity contribution in [3.8, 4) is 0 Å². The Hall–Kier alpha value is -2.94. The number of aryl methyl sites for hydroxylation is 1. The van der Waals surface area contributed by atoms with Crippen LogP contribution in [0.25, 0.3) is 0 Å². The number of nitro groups is 1. The molecule has 0 saturated heterocycles. The Labute approximate surface area is 175 Å². The van der Waals surface area contributed by atoms with Crippen LogP contribution in [0.3, 0.4) is 0 Å². The number of sulfone groups is 1. The molecule has 3 rings (SSSR count). The fraction of sp³-hybridized carbons (Fsp3) is 0.381. The standard InChI is InChI=1S/C21H24N2O6S/c1-15-6-7-17-8-9-20(13-21(17)22(15)11-10-16(2)29-14-24)30(27,28)19-5-3-4-18(12-19)23(25)26/h3-5,8-9,12-16H,6-7,10-11H2,1-2H3. The lowest BCUT2D eigenvalue weighted by atomic mass is 9.96. The van der Waals surface area contributed by atoms with Gasteiger partial charge in [0.1, 0.15) is 6.10 Å². The molecule has 0 aliphatic carbocycles. The van der Waals surface area contributed by atoms with E-state index in [4.69, 9.17) is 4.74 Å².